The summed E-state index contributed by atoms with van der Waals surface area (Å²) in [7, 11) is 1.66. The molecule has 0 saturated carbocycles. The SMILES string of the molecule is C=C=C.C=CN(CCCc1ccc(C(=O)NC)s1)C(/C=C/CCc1ccc(F)cc1)CCC(C)C.CCc1ccccc1. The smallest absolute Gasteiger partial charge is 0.261 e. The zero-order valence-electron chi connectivity index (χ0n) is 26.7. The van der Waals surface area contributed by atoms with Gasteiger partial charge >= 0.3 is 0 Å². The number of thiophene rings is 1. The van der Waals surface area contributed by atoms with Crippen molar-refractivity contribution in [2.45, 2.75) is 71.8 Å². The van der Waals surface area contributed by atoms with Crippen LogP contribution in [0.15, 0.2) is 111 Å². The summed E-state index contributed by atoms with van der Waals surface area (Å²) in [5.74, 6) is 0.451. The molecule has 1 aromatic heterocycles. The molecule has 0 saturated heterocycles. The molecule has 2 aromatic carbocycles. The van der Waals surface area contributed by atoms with E-state index in [0.717, 1.165) is 61.9 Å². The minimum Gasteiger partial charge on any atom is -0.372 e. The van der Waals surface area contributed by atoms with E-state index in [1.54, 1.807) is 18.4 Å². The second-order valence-electron chi connectivity index (χ2n) is 10.6. The van der Waals surface area contributed by atoms with Gasteiger partial charge in [-0.2, -0.15) is 0 Å². The van der Waals surface area contributed by atoms with Crippen molar-refractivity contribution in [1.29, 1.82) is 0 Å². The highest BCUT2D eigenvalue weighted by molar-refractivity contribution is 7.14. The molecule has 3 aromatic rings. The van der Waals surface area contributed by atoms with Crippen LogP contribution in [0.5, 0.6) is 0 Å². The Morgan fingerprint density at radius 2 is 1.67 bits per heavy atom. The Morgan fingerprint density at radius 3 is 2.23 bits per heavy atom. The fraction of sp³-hybridized carbons (Fsp3) is 0.368. The van der Waals surface area contributed by atoms with E-state index in [4.69, 9.17) is 0 Å². The van der Waals surface area contributed by atoms with Crippen LogP contribution in [0, 0.1) is 11.7 Å². The van der Waals surface area contributed by atoms with Gasteiger partial charge in [-0.05, 0) is 92.5 Å². The molecule has 0 spiro atoms. The number of halogens is 1. The predicted octanol–water partition coefficient (Wildman–Crippen LogP) is 9.82. The van der Waals surface area contributed by atoms with E-state index in [1.807, 2.05) is 30.5 Å². The molecule has 232 valence electrons. The monoisotopic (exact) mass is 602 g/mol. The van der Waals surface area contributed by atoms with Crippen LogP contribution < -0.4 is 5.32 Å². The lowest BCUT2D eigenvalue weighted by Gasteiger charge is -2.29. The fourth-order valence-electron chi connectivity index (χ4n) is 4.33. The summed E-state index contributed by atoms with van der Waals surface area (Å²) in [6.45, 7) is 17.9. The van der Waals surface area contributed by atoms with Crippen LogP contribution in [0.2, 0.25) is 0 Å². The molecular weight excluding hydrogens is 551 g/mol. The minimum atomic E-state index is -0.188. The van der Waals surface area contributed by atoms with Gasteiger partial charge in [0.2, 0.25) is 0 Å². The zero-order valence-corrected chi connectivity index (χ0v) is 27.5. The molecule has 1 amide bonds. The van der Waals surface area contributed by atoms with E-state index in [-0.39, 0.29) is 11.7 Å². The topological polar surface area (TPSA) is 32.3 Å². The van der Waals surface area contributed by atoms with Gasteiger partial charge in [0.05, 0.1) is 4.88 Å². The quantitative estimate of drug-likeness (QED) is 0.139. The molecule has 43 heavy (non-hydrogen) atoms. The average molecular weight is 603 g/mol. The number of rotatable bonds is 15. The number of carbonyl (C=O) groups is 1. The highest BCUT2D eigenvalue weighted by Crippen LogP contribution is 2.20. The lowest BCUT2D eigenvalue weighted by atomic mass is 10.0. The van der Waals surface area contributed by atoms with Crippen molar-refractivity contribution >= 4 is 17.2 Å². The second-order valence-corrected chi connectivity index (χ2v) is 11.8. The number of allylic oxidation sites excluding steroid dienone is 1. The third-order valence-corrected chi connectivity index (χ3v) is 7.92. The third kappa shape index (κ3) is 16.5. The van der Waals surface area contributed by atoms with Crippen LogP contribution in [0.3, 0.4) is 0 Å². The molecule has 1 N–H and O–H groups in total. The van der Waals surface area contributed by atoms with Gasteiger partial charge in [-0.15, -0.1) is 17.1 Å². The second kappa shape index (κ2) is 22.9. The van der Waals surface area contributed by atoms with Crippen molar-refractivity contribution in [3.63, 3.8) is 0 Å². The normalized spacial score (nSPS) is 11.0. The van der Waals surface area contributed by atoms with E-state index < -0.39 is 0 Å². The first-order valence-electron chi connectivity index (χ1n) is 15.2. The Bertz CT molecular complexity index is 1220. The van der Waals surface area contributed by atoms with Gasteiger partial charge in [0.25, 0.3) is 5.91 Å². The molecule has 1 atom stereocenters. The lowest BCUT2D eigenvalue weighted by molar-refractivity contribution is 0.0967. The average Bonchev–Trinajstić information content (AvgIpc) is 3.50. The summed E-state index contributed by atoms with van der Waals surface area (Å²) in [5.41, 5.74) is 4.81. The van der Waals surface area contributed by atoms with Crippen molar-refractivity contribution in [2.24, 2.45) is 5.92 Å². The highest BCUT2D eigenvalue weighted by atomic mass is 32.1. The van der Waals surface area contributed by atoms with E-state index in [2.05, 4.69) is 98.9 Å². The van der Waals surface area contributed by atoms with Crippen molar-refractivity contribution < 1.29 is 9.18 Å². The molecule has 0 aliphatic rings. The van der Waals surface area contributed by atoms with Crippen LogP contribution in [0.4, 0.5) is 4.39 Å². The first-order chi connectivity index (χ1) is 20.8. The Kier molecular flexibility index (Phi) is 19.9. The first-order valence-corrected chi connectivity index (χ1v) is 16.0. The summed E-state index contributed by atoms with van der Waals surface area (Å²) >= 11 is 1.57. The highest BCUT2D eigenvalue weighted by Gasteiger charge is 2.13. The van der Waals surface area contributed by atoms with Gasteiger partial charge in [0, 0.05) is 24.5 Å². The molecule has 0 fully saturated rings. The number of nitrogens with one attached hydrogen (secondary N) is 1. The van der Waals surface area contributed by atoms with E-state index in [9.17, 15) is 9.18 Å². The molecule has 0 aliphatic carbocycles. The predicted molar refractivity (Wildman–Crippen MR) is 185 cm³/mol. The summed E-state index contributed by atoms with van der Waals surface area (Å²) in [4.78, 5) is 16.1. The van der Waals surface area contributed by atoms with Gasteiger partial charge in [-0.3, -0.25) is 4.79 Å². The molecule has 3 nitrogen and oxygen atoms in total. The zero-order chi connectivity index (χ0) is 31.9. The lowest BCUT2D eigenvalue weighted by Crippen LogP contribution is -2.30. The van der Waals surface area contributed by atoms with E-state index >= 15 is 0 Å². The number of aryl methyl sites for hydroxylation is 3. The molecule has 3 rings (SSSR count). The van der Waals surface area contributed by atoms with E-state index in [0.29, 0.717) is 12.0 Å². The summed E-state index contributed by atoms with van der Waals surface area (Å²) in [6.07, 6.45) is 13.7. The van der Waals surface area contributed by atoms with Crippen LogP contribution in [-0.2, 0) is 19.3 Å². The maximum absolute atomic E-state index is 13.1. The number of amides is 1. The van der Waals surface area contributed by atoms with Gasteiger partial charge in [-0.1, -0.05) is 95.1 Å². The maximum atomic E-state index is 13.1. The standard InChI is InChI=1S/C27H37FN2OS.C8H10.C3H4/c1-5-30(20-8-11-25-18-19-26(32-25)27(31)29-4)24(17-12-21(2)3)10-7-6-9-22-13-15-23(28)16-14-22;1-2-8-6-4-3-5-7-8;1-3-2/h5,7,10,13-16,18-19,21,24H,1,6,8-9,11-12,17,20H2,2-4H3,(H,29,31);3-7H,2H2,1H3;1-2H2/b10-7+;;. The maximum Gasteiger partial charge on any atom is 0.261 e. The number of hydrogen-bond donors (Lipinski definition) is 1. The fourth-order valence-corrected chi connectivity index (χ4v) is 5.33. The number of benzene rings is 2. The van der Waals surface area contributed by atoms with Crippen molar-refractivity contribution in [3.8, 4) is 0 Å². The van der Waals surface area contributed by atoms with Crippen LogP contribution >= 0.6 is 11.3 Å². The van der Waals surface area contributed by atoms with Crippen LogP contribution in [0.25, 0.3) is 0 Å². The number of hydrogen-bond acceptors (Lipinski definition) is 3. The van der Waals surface area contributed by atoms with E-state index in [1.165, 1.54) is 22.6 Å². The summed E-state index contributed by atoms with van der Waals surface area (Å²) in [5, 5.41) is 2.68. The largest absolute Gasteiger partial charge is 0.372 e. The van der Waals surface area contributed by atoms with Gasteiger partial charge in [-0.25, -0.2) is 4.39 Å². The minimum absolute atomic E-state index is 0.0199. The Hall–Kier alpha value is -3.66. The molecule has 0 radical (unpaired) electrons. The van der Waals surface area contributed by atoms with Crippen LogP contribution in [-0.4, -0.2) is 30.4 Å². The number of carbonyl (C=O) groups excluding carboxylic acids is 1. The molecule has 1 heterocycles. The van der Waals surface area contributed by atoms with Gasteiger partial charge in [0.15, 0.2) is 0 Å². The Balaban J connectivity index is 0.000000705. The Labute approximate surface area is 264 Å². The van der Waals surface area contributed by atoms with Crippen molar-refractivity contribution in [1.82, 2.24) is 10.2 Å². The molecule has 1 unspecified atom stereocenters. The van der Waals surface area contributed by atoms with Gasteiger partial charge in [0.1, 0.15) is 5.82 Å². The summed E-state index contributed by atoms with van der Waals surface area (Å²) < 4.78 is 13.1. The molecule has 0 bridgehead atoms. The number of nitrogens with zero attached hydrogens (tertiary/aromatic N) is 1. The van der Waals surface area contributed by atoms with Crippen LogP contribution in [0.1, 0.15) is 72.1 Å². The van der Waals surface area contributed by atoms with Crippen molar-refractivity contribution in [3.05, 3.63) is 137 Å². The van der Waals surface area contributed by atoms with Crippen molar-refractivity contribution in [2.75, 3.05) is 13.6 Å². The van der Waals surface area contributed by atoms with Gasteiger partial charge < -0.3 is 10.2 Å². The first kappa shape index (κ1) is 37.4. The Morgan fingerprint density at radius 1 is 1.00 bits per heavy atom. The molecular formula is C38H51FN2OS. The summed E-state index contributed by atoms with van der Waals surface area (Å²) in [6, 6.07) is 21.5. The molecule has 5 heteroatoms. The molecule has 0 aliphatic heterocycles. The third-order valence-electron chi connectivity index (χ3n) is 6.77.